The Hall–Kier alpha value is -3.61. The lowest BCUT2D eigenvalue weighted by Gasteiger charge is -2.26. The highest BCUT2D eigenvalue weighted by atomic mass is 16.5. The molecule has 0 saturated carbocycles. The largest absolute Gasteiger partial charge is 0.480 e. The molecule has 1 aliphatic carbocycles. The maximum absolute atomic E-state index is 12.8. The zero-order chi connectivity index (χ0) is 24.9. The number of nitrogens with one attached hydrogen (secondary N) is 2. The van der Waals surface area contributed by atoms with E-state index >= 15 is 0 Å². The van der Waals surface area contributed by atoms with Crippen LogP contribution in [0.25, 0.3) is 11.1 Å². The highest BCUT2D eigenvalue weighted by Gasteiger charge is 2.31. The van der Waals surface area contributed by atoms with Crippen molar-refractivity contribution in [2.45, 2.75) is 51.6 Å². The molecule has 2 atom stereocenters. The van der Waals surface area contributed by atoms with Crippen molar-refractivity contribution in [2.24, 2.45) is 5.41 Å². The summed E-state index contributed by atoms with van der Waals surface area (Å²) in [6, 6.07) is 14.0. The summed E-state index contributed by atoms with van der Waals surface area (Å²) < 4.78 is 5.52. The molecule has 1 aliphatic rings. The molecule has 3 rings (SSSR count). The normalized spacial score (nSPS) is 14.3. The molecule has 180 valence electrons. The maximum atomic E-state index is 12.8. The summed E-state index contributed by atoms with van der Waals surface area (Å²) in [6.45, 7) is 9.43. The number of carboxylic acid groups (broad SMARTS) is 1. The molecule has 0 spiro atoms. The first-order chi connectivity index (χ1) is 16.1. The second kappa shape index (κ2) is 10.5. The molecule has 34 heavy (non-hydrogen) atoms. The van der Waals surface area contributed by atoms with Crippen molar-refractivity contribution in [1.29, 1.82) is 0 Å². The van der Waals surface area contributed by atoms with Gasteiger partial charge in [-0.2, -0.15) is 0 Å². The topological polar surface area (TPSA) is 105 Å². The summed E-state index contributed by atoms with van der Waals surface area (Å²) in [6.07, 6.45) is 1.14. The highest BCUT2D eigenvalue weighted by molar-refractivity contribution is 5.89. The van der Waals surface area contributed by atoms with Crippen LogP contribution in [-0.2, 0) is 14.3 Å². The fourth-order valence-corrected chi connectivity index (χ4v) is 4.27. The molecule has 3 N–H and O–H groups in total. The van der Waals surface area contributed by atoms with E-state index in [-0.39, 0.29) is 30.8 Å². The lowest BCUT2D eigenvalue weighted by molar-refractivity contribution is -0.143. The van der Waals surface area contributed by atoms with Crippen LogP contribution < -0.4 is 10.6 Å². The number of carboxylic acids is 1. The lowest BCUT2D eigenvalue weighted by atomic mass is 9.88. The van der Waals surface area contributed by atoms with E-state index in [1.54, 1.807) is 0 Å². The van der Waals surface area contributed by atoms with E-state index in [2.05, 4.69) is 29.3 Å². The molecule has 0 bridgehead atoms. The van der Waals surface area contributed by atoms with Crippen molar-refractivity contribution in [3.63, 3.8) is 0 Å². The molecule has 2 unspecified atom stereocenters. The Labute approximate surface area is 200 Å². The molecule has 0 radical (unpaired) electrons. The standard InChI is InChI=1S/C27H32N2O5/c1-5-10-22(24(30)28-23(25(31)32)15-27(2,3)4)29-26(33)34-16-21-19-13-8-6-11-17(19)18-12-7-9-14-20(18)21/h5-9,11-14,21-23H,1,10,15-16H2,2-4H3,(H,28,30)(H,29,33)(H,31,32). The summed E-state index contributed by atoms with van der Waals surface area (Å²) in [5, 5.41) is 14.6. The van der Waals surface area contributed by atoms with Crippen LogP contribution in [-0.4, -0.2) is 41.8 Å². The van der Waals surface area contributed by atoms with Gasteiger partial charge in [-0.25, -0.2) is 9.59 Å². The quantitative estimate of drug-likeness (QED) is 0.475. The number of amides is 2. The third-order valence-corrected chi connectivity index (χ3v) is 5.79. The molecule has 2 aromatic carbocycles. The second-order valence-electron chi connectivity index (χ2n) is 9.71. The number of carbonyl (C=O) groups excluding carboxylic acids is 2. The van der Waals surface area contributed by atoms with Crippen molar-refractivity contribution in [2.75, 3.05) is 6.61 Å². The predicted molar refractivity (Wildman–Crippen MR) is 130 cm³/mol. The molecule has 0 aromatic heterocycles. The van der Waals surface area contributed by atoms with Gasteiger partial charge < -0.3 is 20.5 Å². The summed E-state index contributed by atoms with van der Waals surface area (Å²) in [4.78, 5) is 37.0. The Morgan fingerprint density at radius 3 is 2.06 bits per heavy atom. The van der Waals surface area contributed by atoms with Gasteiger partial charge in [-0.15, -0.1) is 6.58 Å². The highest BCUT2D eigenvalue weighted by Crippen LogP contribution is 2.44. The van der Waals surface area contributed by atoms with Crippen molar-refractivity contribution < 1.29 is 24.2 Å². The molecule has 0 fully saturated rings. The van der Waals surface area contributed by atoms with Crippen LogP contribution >= 0.6 is 0 Å². The molecule has 2 amide bonds. The van der Waals surface area contributed by atoms with Crippen LogP contribution in [0.1, 0.15) is 50.7 Å². The van der Waals surface area contributed by atoms with E-state index in [1.165, 1.54) is 6.08 Å². The van der Waals surface area contributed by atoms with Gasteiger partial charge in [-0.3, -0.25) is 4.79 Å². The van der Waals surface area contributed by atoms with Crippen molar-refractivity contribution in [3.05, 3.63) is 72.3 Å². The van der Waals surface area contributed by atoms with E-state index in [0.717, 1.165) is 22.3 Å². The maximum Gasteiger partial charge on any atom is 0.407 e. The van der Waals surface area contributed by atoms with Crippen molar-refractivity contribution in [1.82, 2.24) is 10.6 Å². The fourth-order valence-electron chi connectivity index (χ4n) is 4.27. The average Bonchev–Trinajstić information content (AvgIpc) is 3.09. The zero-order valence-corrected chi connectivity index (χ0v) is 19.8. The minimum absolute atomic E-state index is 0.104. The van der Waals surface area contributed by atoms with Gasteiger partial charge >= 0.3 is 12.1 Å². The van der Waals surface area contributed by atoms with Crippen LogP contribution in [0.5, 0.6) is 0 Å². The zero-order valence-electron chi connectivity index (χ0n) is 19.8. The minimum atomic E-state index is -1.12. The molecule has 7 heteroatoms. The molecular weight excluding hydrogens is 432 g/mol. The van der Waals surface area contributed by atoms with Gasteiger partial charge in [-0.05, 0) is 40.5 Å². The van der Waals surface area contributed by atoms with Gasteiger partial charge in [0.05, 0.1) is 0 Å². The molecule has 0 saturated heterocycles. The van der Waals surface area contributed by atoms with Crippen LogP contribution in [0, 0.1) is 5.41 Å². The number of benzene rings is 2. The monoisotopic (exact) mass is 464 g/mol. The first-order valence-electron chi connectivity index (χ1n) is 11.4. The van der Waals surface area contributed by atoms with Gasteiger partial charge in [0.1, 0.15) is 18.7 Å². The van der Waals surface area contributed by atoms with E-state index in [9.17, 15) is 19.5 Å². The van der Waals surface area contributed by atoms with Gasteiger partial charge in [0, 0.05) is 5.92 Å². The number of fused-ring (bicyclic) bond motifs is 3. The predicted octanol–water partition coefficient (Wildman–Crippen LogP) is 4.48. The number of alkyl carbamates (subject to hydrolysis) is 1. The van der Waals surface area contributed by atoms with Gasteiger partial charge in [0.25, 0.3) is 0 Å². The molecule has 2 aromatic rings. The Kier molecular flexibility index (Phi) is 7.76. The summed E-state index contributed by atoms with van der Waals surface area (Å²) in [5.74, 6) is -1.82. The van der Waals surface area contributed by atoms with Crippen LogP contribution in [0.3, 0.4) is 0 Å². The number of ether oxygens (including phenoxy) is 1. The second-order valence-corrected chi connectivity index (χ2v) is 9.71. The van der Waals surface area contributed by atoms with E-state index in [4.69, 9.17) is 4.74 Å². The van der Waals surface area contributed by atoms with Crippen LogP contribution in [0.15, 0.2) is 61.2 Å². The van der Waals surface area contributed by atoms with Crippen LogP contribution in [0.2, 0.25) is 0 Å². The molecule has 7 nitrogen and oxygen atoms in total. The Morgan fingerprint density at radius 1 is 1.00 bits per heavy atom. The van der Waals surface area contributed by atoms with Crippen LogP contribution in [0.4, 0.5) is 4.79 Å². The third kappa shape index (κ3) is 6.04. The minimum Gasteiger partial charge on any atom is -0.480 e. The summed E-state index contributed by atoms with van der Waals surface area (Å²) in [7, 11) is 0. The Balaban J connectivity index is 1.65. The molecular formula is C27H32N2O5. The smallest absolute Gasteiger partial charge is 0.407 e. The van der Waals surface area contributed by atoms with E-state index < -0.39 is 30.1 Å². The first kappa shape index (κ1) is 25.0. The Bertz CT molecular complexity index is 1030. The summed E-state index contributed by atoms with van der Waals surface area (Å²) >= 11 is 0. The lowest BCUT2D eigenvalue weighted by Crippen LogP contribution is -2.52. The number of hydrogen-bond donors (Lipinski definition) is 3. The summed E-state index contributed by atoms with van der Waals surface area (Å²) in [5.41, 5.74) is 4.11. The fraction of sp³-hybridized carbons (Fsp3) is 0.370. The Morgan fingerprint density at radius 2 is 1.56 bits per heavy atom. The van der Waals surface area contributed by atoms with E-state index in [0.29, 0.717) is 0 Å². The number of hydrogen-bond acceptors (Lipinski definition) is 4. The number of carbonyl (C=O) groups is 3. The van der Waals surface area contributed by atoms with Gasteiger partial charge in [0.2, 0.25) is 5.91 Å². The first-order valence-corrected chi connectivity index (χ1v) is 11.4. The number of aliphatic carboxylic acids is 1. The van der Waals surface area contributed by atoms with Gasteiger partial charge in [0.15, 0.2) is 0 Å². The van der Waals surface area contributed by atoms with Crippen molar-refractivity contribution >= 4 is 18.0 Å². The average molecular weight is 465 g/mol. The van der Waals surface area contributed by atoms with Crippen molar-refractivity contribution in [3.8, 4) is 11.1 Å². The molecule has 0 aliphatic heterocycles. The number of rotatable bonds is 9. The third-order valence-electron chi connectivity index (χ3n) is 5.79. The SMILES string of the molecule is C=CCC(NC(=O)OCC1c2ccccc2-c2ccccc21)C(=O)NC(CC(C)(C)C)C(=O)O. The van der Waals surface area contributed by atoms with Gasteiger partial charge in [-0.1, -0.05) is 75.4 Å². The van der Waals surface area contributed by atoms with E-state index in [1.807, 2.05) is 57.2 Å². The molecule has 0 heterocycles.